The maximum atomic E-state index is 12.5. The average Bonchev–Trinajstić information content (AvgIpc) is 2.69. The number of hydrogen-bond acceptors (Lipinski definition) is 2. The van der Waals surface area contributed by atoms with Gasteiger partial charge in [-0.3, -0.25) is 4.79 Å². The minimum absolute atomic E-state index is 0.0498. The number of carbonyl (C=O) groups is 1. The molecule has 28 heavy (non-hydrogen) atoms. The van der Waals surface area contributed by atoms with Gasteiger partial charge in [-0.25, -0.2) is 0 Å². The van der Waals surface area contributed by atoms with Crippen LogP contribution in [0.2, 0.25) is 5.02 Å². The molecule has 0 heterocycles. The van der Waals surface area contributed by atoms with Crippen LogP contribution in [0.1, 0.15) is 16.7 Å². The van der Waals surface area contributed by atoms with Crippen molar-refractivity contribution in [3.8, 4) is 16.9 Å². The fourth-order valence-electron chi connectivity index (χ4n) is 3.04. The quantitative estimate of drug-likeness (QED) is 0.540. The monoisotopic (exact) mass is 393 g/mol. The van der Waals surface area contributed by atoms with E-state index in [-0.39, 0.29) is 12.5 Å². The van der Waals surface area contributed by atoms with Gasteiger partial charge in [-0.15, -0.1) is 0 Å². The van der Waals surface area contributed by atoms with Crippen molar-refractivity contribution in [1.82, 2.24) is 4.90 Å². The Kier molecular flexibility index (Phi) is 6.37. The summed E-state index contributed by atoms with van der Waals surface area (Å²) in [6.07, 6.45) is 0. The van der Waals surface area contributed by atoms with Crippen molar-refractivity contribution < 1.29 is 9.53 Å². The lowest BCUT2D eigenvalue weighted by Crippen LogP contribution is -2.31. The Bertz CT molecular complexity index is 970. The second-order valence-electron chi connectivity index (χ2n) is 6.98. The molecule has 0 unspecified atom stereocenters. The van der Waals surface area contributed by atoms with Gasteiger partial charge in [-0.1, -0.05) is 71.8 Å². The van der Waals surface area contributed by atoms with Crippen LogP contribution in [-0.2, 0) is 11.3 Å². The van der Waals surface area contributed by atoms with E-state index in [0.29, 0.717) is 17.3 Å². The highest BCUT2D eigenvalue weighted by Gasteiger charge is 2.13. The van der Waals surface area contributed by atoms with Crippen molar-refractivity contribution >= 4 is 17.5 Å². The Morgan fingerprint density at radius 1 is 0.964 bits per heavy atom. The van der Waals surface area contributed by atoms with Crippen LogP contribution in [0.5, 0.6) is 5.75 Å². The summed E-state index contributed by atoms with van der Waals surface area (Å²) < 4.78 is 5.67. The van der Waals surface area contributed by atoms with E-state index in [1.807, 2.05) is 48.5 Å². The Labute approximate surface area is 171 Å². The van der Waals surface area contributed by atoms with Gasteiger partial charge in [0.2, 0.25) is 0 Å². The summed E-state index contributed by atoms with van der Waals surface area (Å²) in [7, 11) is 1.78. The van der Waals surface area contributed by atoms with Gasteiger partial charge in [-0.05, 0) is 48.2 Å². The number of rotatable bonds is 6. The van der Waals surface area contributed by atoms with Crippen LogP contribution in [0.3, 0.4) is 0 Å². The van der Waals surface area contributed by atoms with Gasteiger partial charge in [0.15, 0.2) is 6.61 Å². The van der Waals surface area contributed by atoms with Crippen LogP contribution in [0.15, 0.2) is 66.7 Å². The van der Waals surface area contributed by atoms with Gasteiger partial charge in [0.05, 0.1) is 5.02 Å². The number of carbonyl (C=O) groups excluding carboxylic acids is 1. The summed E-state index contributed by atoms with van der Waals surface area (Å²) in [4.78, 5) is 14.1. The van der Waals surface area contributed by atoms with Crippen molar-refractivity contribution in [3.63, 3.8) is 0 Å². The molecule has 0 aliphatic heterocycles. The number of halogens is 1. The highest BCUT2D eigenvalue weighted by Crippen LogP contribution is 2.30. The van der Waals surface area contributed by atoms with Crippen LogP contribution in [0.25, 0.3) is 11.1 Å². The minimum Gasteiger partial charge on any atom is -0.482 e. The zero-order valence-electron chi connectivity index (χ0n) is 16.4. The molecule has 0 bridgehead atoms. The molecule has 3 rings (SSSR count). The summed E-state index contributed by atoms with van der Waals surface area (Å²) in [5.41, 5.74) is 5.62. The second kappa shape index (κ2) is 8.94. The van der Waals surface area contributed by atoms with E-state index in [9.17, 15) is 4.79 Å². The molecule has 0 N–H and O–H groups in total. The first kappa shape index (κ1) is 20.0. The predicted octanol–water partition coefficient (Wildman–Crippen LogP) is 5.66. The van der Waals surface area contributed by atoms with E-state index in [2.05, 4.69) is 32.0 Å². The number of nitrogens with zero attached hydrogens (tertiary/aromatic N) is 1. The second-order valence-corrected chi connectivity index (χ2v) is 7.39. The van der Waals surface area contributed by atoms with Gasteiger partial charge in [-0.2, -0.15) is 0 Å². The van der Waals surface area contributed by atoms with Gasteiger partial charge in [0.25, 0.3) is 5.91 Å². The van der Waals surface area contributed by atoms with Crippen molar-refractivity contribution in [2.45, 2.75) is 20.4 Å². The van der Waals surface area contributed by atoms with E-state index in [0.717, 1.165) is 16.7 Å². The smallest absolute Gasteiger partial charge is 0.260 e. The first-order valence-electron chi connectivity index (χ1n) is 9.22. The summed E-state index contributed by atoms with van der Waals surface area (Å²) in [5.74, 6) is 0.415. The van der Waals surface area contributed by atoms with Crippen molar-refractivity contribution in [2.24, 2.45) is 0 Å². The van der Waals surface area contributed by atoms with Crippen molar-refractivity contribution in [1.29, 1.82) is 0 Å². The summed E-state index contributed by atoms with van der Waals surface area (Å²) in [5, 5.41) is 0.492. The maximum Gasteiger partial charge on any atom is 0.260 e. The summed E-state index contributed by atoms with van der Waals surface area (Å²) in [6.45, 7) is 4.62. The zero-order valence-corrected chi connectivity index (χ0v) is 17.2. The third-order valence-corrected chi connectivity index (χ3v) is 5.02. The van der Waals surface area contributed by atoms with Gasteiger partial charge >= 0.3 is 0 Å². The van der Waals surface area contributed by atoms with Crippen molar-refractivity contribution in [3.05, 3.63) is 88.4 Å². The largest absolute Gasteiger partial charge is 0.482 e. The number of amides is 1. The molecule has 0 aliphatic carbocycles. The molecule has 4 heteroatoms. The first-order chi connectivity index (χ1) is 13.4. The fourth-order valence-corrected chi connectivity index (χ4v) is 3.28. The van der Waals surface area contributed by atoms with Crippen LogP contribution in [-0.4, -0.2) is 24.5 Å². The van der Waals surface area contributed by atoms with E-state index in [1.54, 1.807) is 11.9 Å². The lowest BCUT2D eigenvalue weighted by Gasteiger charge is -2.19. The lowest BCUT2D eigenvalue weighted by atomic mass is 10.1. The highest BCUT2D eigenvalue weighted by molar-refractivity contribution is 6.32. The normalized spacial score (nSPS) is 10.6. The standard InChI is InChI=1S/C24H24ClNO2/c1-17-9-10-21(18(2)13-17)15-26(3)24(27)16-28-23-12-11-20(14-22(23)25)19-7-5-4-6-8-19/h4-14H,15-16H2,1-3H3. The molecule has 0 spiro atoms. The molecule has 144 valence electrons. The number of hydrogen-bond donors (Lipinski definition) is 0. The topological polar surface area (TPSA) is 29.5 Å². The summed E-state index contributed by atoms with van der Waals surface area (Å²) in [6, 6.07) is 21.9. The van der Waals surface area contributed by atoms with Gasteiger partial charge in [0, 0.05) is 13.6 Å². The number of benzene rings is 3. The molecule has 0 radical (unpaired) electrons. The molecular weight excluding hydrogens is 370 g/mol. The molecule has 3 nitrogen and oxygen atoms in total. The lowest BCUT2D eigenvalue weighted by molar-refractivity contribution is -0.132. The molecular formula is C24H24ClNO2. The zero-order chi connectivity index (χ0) is 20.1. The number of ether oxygens (including phenoxy) is 1. The average molecular weight is 394 g/mol. The third-order valence-electron chi connectivity index (χ3n) is 4.72. The SMILES string of the molecule is Cc1ccc(CN(C)C(=O)COc2ccc(-c3ccccc3)cc2Cl)c(C)c1. The number of aryl methyl sites for hydroxylation is 2. The predicted molar refractivity (Wildman–Crippen MR) is 115 cm³/mol. The van der Waals surface area contributed by atoms with E-state index < -0.39 is 0 Å². The molecule has 1 amide bonds. The molecule has 0 saturated heterocycles. The van der Waals surface area contributed by atoms with E-state index >= 15 is 0 Å². The fraction of sp³-hybridized carbons (Fsp3) is 0.208. The van der Waals surface area contributed by atoms with E-state index in [1.165, 1.54) is 11.1 Å². The highest BCUT2D eigenvalue weighted by atomic mass is 35.5. The van der Waals surface area contributed by atoms with Crippen LogP contribution < -0.4 is 4.74 Å². The van der Waals surface area contributed by atoms with Gasteiger partial charge < -0.3 is 9.64 Å². The van der Waals surface area contributed by atoms with Crippen molar-refractivity contribution in [2.75, 3.05) is 13.7 Å². The summed E-state index contributed by atoms with van der Waals surface area (Å²) >= 11 is 6.36. The molecule has 0 atom stereocenters. The van der Waals surface area contributed by atoms with E-state index in [4.69, 9.17) is 16.3 Å². The Balaban J connectivity index is 1.61. The third kappa shape index (κ3) is 4.93. The minimum atomic E-state index is -0.0943. The number of likely N-dealkylation sites (N-methyl/N-ethyl adjacent to an activating group) is 1. The Morgan fingerprint density at radius 2 is 1.71 bits per heavy atom. The Hall–Kier alpha value is -2.78. The molecule has 0 fully saturated rings. The molecule has 0 aromatic heterocycles. The molecule has 3 aromatic rings. The van der Waals surface area contributed by atoms with Crippen LogP contribution in [0.4, 0.5) is 0 Å². The molecule has 0 aliphatic rings. The van der Waals surface area contributed by atoms with Crippen LogP contribution in [0, 0.1) is 13.8 Å². The first-order valence-corrected chi connectivity index (χ1v) is 9.59. The van der Waals surface area contributed by atoms with Gasteiger partial charge in [0.1, 0.15) is 5.75 Å². The molecule has 0 saturated carbocycles. The van der Waals surface area contributed by atoms with Crippen LogP contribution >= 0.6 is 11.6 Å². The maximum absolute atomic E-state index is 12.5. The Morgan fingerprint density at radius 3 is 2.39 bits per heavy atom. The molecule has 3 aromatic carbocycles.